The first-order chi connectivity index (χ1) is 12.7. The fourth-order valence-corrected chi connectivity index (χ4v) is 3.40. The summed E-state index contributed by atoms with van der Waals surface area (Å²) in [6.45, 7) is 4.12. The van der Waals surface area contributed by atoms with Gasteiger partial charge in [-0.05, 0) is 37.4 Å². The maximum absolute atomic E-state index is 13.6. The normalized spacial score (nSPS) is 22.6. The molecule has 0 aliphatic heterocycles. The number of rotatable bonds is 6. The van der Waals surface area contributed by atoms with Gasteiger partial charge in [-0.15, -0.1) is 0 Å². The molecule has 0 bridgehead atoms. The van der Waals surface area contributed by atoms with Gasteiger partial charge in [0.05, 0.1) is 18.8 Å². The van der Waals surface area contributed by atoms with Crippen LogP contribution in [0.25, 0.3) is 0 Å². The van der Waals surface area contributed by atoms with Crippen LogP contribution in [-0.2, 0) is 9.59 Å². The van der Waals surface area contributed by atoms with Crippen molar-refractivity contribution in [2.75, 3.05) is 25.5 Å². The molecule has 1 aromatic rings. The molecule has 8 heteroatoms. The Morgan fingerprint density at radius 2 is 1.74 bits per heavy atom. The van der Waals surface area contributed by atoms with Crippen LogP contribution in [0.2, 0.25) is 0 Å². The van der Waals surface area contributed by atoms with Gasteiger partial charge in [0.1, 0.15) is 0 Å². The van der Waals surface area contributed by atoms with Crippen LogP contribution >= 0.6 is 0 Å². The first-order valence-electron chi connectivity index (χ1n) is 9.10. The SMILES string of the molecule is C[C@H]1[C@@H](NC(=O)CN(C)CC(=O)Nc2ccc(F)c(F)c2F)CCC[C@@H]1C. The zero-order valence-corrected chi connectivity index (χ0v) is 15.8. The van der Waals surface area contributed by atoms with E-state index in [9.17, 15) is 22.8 Å². The number of hydrogen-bond donors (Lipinski definition) is 2. The Labute approximate surface area is 157 Å². The van der Waals surface area contributed by atoms with Gasteiger partial charge in [-0.1, -0.05) is 26.7 Å². The van der Waals surface area contributed by atoms with Gasteiger partial charge in [0, 0.05) is 6.04 Å². The Hall–Kier alpha value is -2.09. The summed E-state index contributed by atoms with van der Waals surface area (Å²) < 4.78 is 39.7. The fourth-order valence-electron chi connectivity index (χ4n) is 3.40. The zero-order chi connectivity index (χ0) is 20.1. The number of benzene rings is 1. The average Bonchev–Trinajstić information content (AvgIpc) is 2.59. The van der Waals surface area contributed by atoms with Gasteiger partial charge in [0.25, 0.3) is 0 Å². The van der Waals surface area contributed by atoms with Gasteiger partial charge >= 0.3 is 0 Å². The summed E-state index contributed by atoms with van der Waals surface area (Å²) in [7, 11) is 1.58. The van der Waals surface area contributed by atoms with Gasteiger partial charge in [0.2, 0.25) is 11.8 Å². The van der Waals surface area contributed by atoms with Gasteiger partial charge < -0.3 is 10.6 Å². The van der Waals surface area contributed by atoms with Crippen molar-refractivity contribution >= 4 is 17.5 Å². The van der Waals surface area contributed by atoms with E-state index in [1.165, 1.54) is 4.90 Å². The van der Waals surface area contributed by atoms with Crippen LogP contribution in [0.5, 0.6) is 0 Å². The van der Waals surface area contributed by atoms with Crippen molar-refractivity contribution in [3.63, 3.8) is 0 Å². The number of carbonyl (C=O) groups excluding carboxylic acids is 2. The highest BCUT2D eigenvalue weighted by molar-refractivity contribution is 5.92. The fraction of sp³-hybridized carbons (Fsp3) is 0.579. The minimum absolute atomic E-state index is 0.00524. The lowest BCUT2D eigenvalue weighted by atomic mass is 9.78. The van der Waals surface area contributed by atoms with Crippen LogP contribution in [0.15, 0.2) is 12.1 Å². The Kier molecular flexibility index (Phi) is 7.24. The number of anilines is 1. The van der Waals surface area contributed by atoms with E-state index in [0.717, 1.165) is 31.4 Å². The smallest absolute Gasteiger partial charge is 0.238 e. The van der Waals surface area contributed by atoms with Crippen molar-refractivity contribution in [2.45, 2.75) is 39.2 Å². The molecule has 1 aliphatic carbocycles. The molecule has 2 N–H and O–H groups in total. The molecule has 3 atom stereocenters. The molecule has 0 saturated heterocycles. The number of nitrogens with zero attached hydrogens (tertiary/aromatic N) is 1. The molecule has 1 aliphatic rings. The van der Waals surface area contributed by atoms with Gasteiger partial charge in [-0.25, -0.2) is 13.2 Å². The largest absolute Gasteiger partial charge is 0.352 e. The van der Waals surface area contributed by atoms with E-state index in [0.29, 0.717) is 11.8 Å². The lowest BCUT2D eigenvalue weighted by Gasteiger charge is -2.34. The molecule has 150 valence electrons. The molecule has 0 spiro atoms. The van der Waals surface area contributed by atoms with Crippen LogP contribution in [0.4, 0.5) is 18.9 Å². The Bertz CT molecular complexity index is 699. The first kappa shape index (κ1) is 21.2. The Morgan fingerprint density at radius 1 is 1.07 bits per heavy atom. The highest BCUT2D eigenvalue weighted by Crippen LogP contribution is 2.29. The molecule has 2 amide bonds. The summed E-state index contributed by atoms with van der Waals surface area (Å²) in [5, 5.41) is 5.19. The molecule has 0 heterocycles. The van der Waals surface area contributed by atoms with Crippen molar-refractivity contribution in [1.82, 2.24) is 10.2 Å². The van der Waals surface area contributed by atoms with Gasteiger partial charge in [0.15, 0.2) is 17.5 Å². The maximum Gasteiger partial charge on any atom is 0.238 e. The highest BCUT2D eigenvalue weighted by atomic mass is 19.2. The van der Waals surface area contributed by atoms with E-state index in [2.05, 4.69) is 24.5 Å². The third kappa shape index (κ3) is 5.69. The number of likely N-dealkylation sites (N-methyl/N-ethyl adjacent to an activating group) is 1. The summed E-state index contributed by atoms with van der Waals surface area (Å²) in [5.41, 5.74) is -0.443. The molecule has 1 fully saturated rings. The number of hydrogen-bond acceptors (Lipinski definition) is 3. The molecule has 2 rings (SSSR count). The van der Waals surface area contributed by atoms with E-state index in [1.54, 1.807) is 7.05 Å². The second-order valence-electron chi connectivity index (χ2n) is 7.38. The average molecular weight is 385 g/mol. The summed E-state index contributed by atoms with van der Waals surface area (Å²) in [6, 6.07) is 1.81. The number of amides is 2. The monoisotopic (exact) mass is 385 g/mol. The summed E-state index contributed by atoms with van der Waals surface area (Å²) in [4.78, 5) is 25.7. The van der Waals surface area contributed by atoms with Gasteiger partial charge in [-0.3, -0.25) is 14.5 Å². The molecule has 1 saturated carbocycles. The predicted molar refractivity (Wildman–Crippen MR) is 96.6 cm³/mol. The second kappa shape index (κ2) is 9.21. The molecule has 1 aromatic carbocycles. The van der Waals surface area contributed by atoms with Crippen molar-refractivity contribution in [2.24, 2.45) is 11.8 Å². The molecule has 27 heavy (non-hydrogen) atoms. The third-order valence-corrected chi connectivity index (χ3v) is 5.19. The first-order valence-corrected chi connectivity index (χ1v) is 9.10. The van der Waals surface area contributed by atoms with Crippen LogP contribution < -0.4 is 10.6 Å². The van der Waals surface area contributed by atoms with Crippen LogP contribution in [0, 0.1) is 29.3 Å². The molecule has 0 radical (unpaired) electrons. The van der Waals surface area contributed by atoms with E-state index in [4.69, 9.17) is 0 Å². The van der Waals surface area contributed by atoms with Crippen molar-refractivity contribution < 1.29 is 22.8 Å². The molecule has 0 unspecified atom stereocenters. The number of carbonyl (C=O) groups is 2. The van der Waals surface area contributed by atoms with Crippen LogP contribution in [0.1, 0.15) is 33.1 Å². The van der Waals surface area contributed by atoms with E-state index >= 15 is 0 Å². The number of halogens is 3. The molecular weight excluding hydrogens is 359 g/mol. The summed E-state index contributed by atoms with van der Waals surface area (Å²) in [6.07, 6.45) is 3.18. The minimum atomic E-state index is -1.64. The highest BCUT2D eigenvalue weighted by Gasteiger charge is 2.28. The van der Waals surface area contributed by atoms with Crippen LogP contribution in [-0.4, -0.2) is 42.9 Å². The van der Waals surface area contributed by atoms with Crippen molar-refractivity contribution in [3.8, 4) is 0 Å². The summed E-state index contributed by atoms with van der Waals surface area (Å²) >= 11 is 0. The quantitative estimate of drug-likeness (QED) is 0.741. The Morgan fingerprint density at radius 3 is 2.44 bits per heavy atom. The maximum atomic E-state index is 13.6. The Balaban J connectivity index is 1.82. The lowest BCUT2D eigenvalue weighted by molar-refractivity contribution is -0.124. The third-order valence-electron chi connectivity index (χ3n) is 5.19. The summed E-state index contributed by atoms with van der Waals surface area (Å²) in [5.74, 6) is -4.29. The standard InChI is InChI=1S/C19H26F3N3O2/c1-11-5-4-6-14(12(11)2)23-16(26)9-25(3)10-17(27)24-15-8-7-13(20)18(21)19(15)22/h7-8,11-12,14H,4-6,9-10H2,1-3H3,(H,23,26)(H,24,27)/t11-,12+,14-/m0/s1. The molecular formula is C19H26F3N3O2. The van der Waals surface area contributed by atoms with E-state index < -0.39 is 29.0 Å². The number of nitrogens with one attached hydrogen (secondary N) is 2. The molecule has 0 aromatic heterocycles. The lowest BCUT2D eigenvalue weighted by Crippen LogP contribution is -2.47. The molecule has 5 nitrogen and oxygen atoms in total. The van der Waals surface area contributed by atoms with Gasteiger partial charge in [-0.2, -0.15) is 0 Å². The second-order valence-corrected chi connectivity index (χ2v) is 7.38. The van der Waals surface area contributed by atoms with E-state index in [1.807, 2.05) is 0 Å². The van der Waals surface area contributed by atoms with Crippen LogP contribution in [0.3, 0.4) is 0 Å². The predicted octanol–water partition coefficient (Wildman–Crippen LogP) is 2.92. The minimum Gasteiger partial charge on any atom is -0.352 e. The van der Waals surface area contributed by atoms with Crippen molar-refractivity contribution in [3.05, 3.63) is 29.6 Å². The van der Waals surface area contributed by atoms with E-state index in [-0.39, 0.29) is 25.0 Å². The zero-order valence-electron chi connectivity index (χ0n) is 15.8. The topological polar surface area (TPSA) is 61.4 Å². The van der Waals surface area contributed by atoms with Crippen molar-refractivity contribution in [1.29, 1.82) is 0 Å².